The van der Waals surface area contributed by atoms with Gasteiger partial charge in [-0.3, -0.25) is 19.4 Å². The third-order valence-electron chi connectivity index (χ3n) is 11.9. The molecule has 3 aliphatic carbocycles. The first-order valence-corrected chi connectivity index (χ1v) is 17.9. The van der Waals surface area contributed by atoms with Crippen LogP contribution in [0.25, 0.3) is 11.1 Å². The van der Waals surface area contributed by atoms with Gasteiger partial charge in [-0.2, -0.15) is 5.06 Å². The highest BCUT2D eigenvalue weighted by molar-refractivity contribution is 5.95. The van der Waals surface area contributed by atoms with Gasteiger partial charge < -0.3 is 25.2 Å². The normalized spacial score (nSPS) is 27.6. The van der Waals surface area contributed by atoms with Crippen LogP contribution in [0.5, 0.6) is 5.75 Å². The number of carbonyl (C=O) groups is 2. The summed E-state index contributed by atoms with van der Waals surface area (Å²) in [7, 11) is 3.39. The molecule has 4 aliphatic rings. The van der Waals surface area contributed by atoms with Gasteiger partial charge in [0.15, 0.2) is 0 Å². The van der Waals surface area contributed by atoms with E-state index in [1.807, 2.05) is 60.7 Å². The van der Waals surface area contributed by atoms with Crippen molar-refractivity contribution in [2.24, 2.45) is 29.1 Å². The van der Waals surface area contributed by atoms with E-state index in [2.05, 4.69) is 31.1 Å². The number of aliphatic hydroxyl groups excluding tert-OH is 2. The van der Waals surface area contributed by atoms with E-state index in [1.165, 1.54) is 6.42 Å². The maximum atomic E-state index is 14.1. The van der Waals surface area contributed by atoms with Crippen LogP contribution in [-0.2, 0) is 22.6 Å². The number of nitrogens with zero attached hydrogens (tertiary/aromatic N) is 3. The summed E-state index contributed by atoms with van der Waals surface area (Å²) in [5.74, 6) is 1.15. The maximum Gasteiger partial charge on any atom is 0.253 e. The summed E-state index contributed by atoms with van der Waals surface area (Å²) in [4.78, 5) is 39.9. The van der Waals surface area contributed by atoms with Gasteiger partial charge in [0.1, 0.15) is 17.9 Å². The molecule has 2 aromatic carbocycles. The second kappa shape index (κ2) is 14.8. The zero-order valence-corrected chi connectivity index (χ0v) is 30.1. The van der Waals surface area contributed by atoms with E-state index in [4.69, 9.17) is 9.57 Å². The van der Waals surface area contributed by atoms with Gasteiger partial charge in [0.25, 0.3) is 5.91 Å². The summed E-state index contributed by atoms with van der Waals surface area (Å²) in [6.07, 6.45) is 2.92. The second-order valence-electron chi connectivity index (χ2n) is 15.1. The first-order valence-electron chi connectivity index (χ1n) is 17.9. The molecule has 10 nitrogen and oxygen atoms in total. The van der Waals surface area contributed by atoms with Crippen molar-refractivity contribution in [3.05, 3.63) is 83.7 Å². The number of aromatic nitrogens is 1. The van der Waals surface area contributed by atoms with Crippen molar-refractivity contribution >= 4 is 11.8 Å². The Morgan fingerprint density at radius 2 is 1.92 bits per heavy atom. The molecule has 3 aromatic rings. The van der Waals surface area contributed by atoms with Crippen LogP contribution in [0.4, 0.5) is 0 Å². The number of para-hydroxylation sites is 1. The number of carbonyl (C=O) groups excluding carboxylic acids is 2. The van der Waals surface area contributed by atoms with E-state index >= 15 is 0 Å². The molecule has 1 saturated heterocycles. The Hall–Kier alpha value is -3.83. The summed E-state index contributed by atoms with van der Waals surface area (Å²) < 4.78 is 5.99. The van der Waals surface area contributed by atoms with E-state index in [9.17, 15) is 19.8 Å². The summed E-state index contributed by atoms with van der Waals surface area (Å²) in [5.41, 5.74) is 4.15. The minimum atomic E-state index is -0.889. The van der Waals surface area contributed by atoms with Crippen molar-refractivity contribution in [2.45, 2.75) is 77.8 Å². The lowest BCUT2D eigenvalue weighted by Gasteiger charge is -2.62. The molecular formula is C40H52N4O6. The van der Waals surface area contributed by atoms with Crippen LogP contribution in [0.1, 0.15) is 62.2 Å². The highest BCUT2D eigenvalue weighted by atomic mass is 16.7. The number of methoxy groups -OCH3 is 1. The van der Waals surface area contributed by atoms with Crippen LogP contribution in [-0.4, -0.2) is 88.6 Å². The first-order chi connectivity index (χ1) is 23.9. The topological polar surface area (TPSA) is 124 Å². The first kappa shape index (κ1) is 36.0. The molecule has 268 valence electrons. The average molecular weight is 685 g/mol. The molecule has 3 N–H and O–H groups in total. The molecule has 7 rings (SSSR count). The fraction of sp³-hybridized carbons (Fsp3) is 0.525. The molecular weight excluding hydrogens is 632 g/mol. The number of fused-ring (bicyclic) bond motifs is 2. The lowest BCUT2D eigenvalue weighted by molar-refractivity contribution is -0.183. The minimum Gasteiger partial charge on any atom is -0.496 e. The number of benzene rings is 2. The Morgan fingerprint density at radius 1 is 1.14 bits per heavy atom. The molecule has 2 amide bonds. The Morgan fingerprint density at radius 3 is 2.58 bits per heavy atom. The van der Waals surface area contributed by atoms with Gasteiger partial charge in [0, 0.05) is 60.6 Å². The summed E-state index contributed by atoms with van der Waals surface area (Å²) in [5, 5.41) is 26.1. The minimum absolute atomic E-state index is 0.0471. The van der Waals surface area contributed by atoms with E-state index in [1.54, 1.807) is 37.2 Å². The van der Waals surface area contributed by atoms with Crippen LogP contribution < -0.4 is 10.1 Å². The van der Waals surface area contributed by atoms with Crippen LogP contribution >= 0.6 is 0 Å². The fourth-order valence-electron chi connectivity index (χ4n) is 8.80. The molecule has 0 radical (unpaired) electrons. The van der Waals surface area contributed by atoms with Gasteiger partial charge in [-0.1, -0.05) is 57.2 Å². The molecule has 0 unspecified atom stereocenters. The predicted octanol–water partition coefficient (Wildman–Crippen LogP) is 4.73. The molecule has 2 heterocycles. The maximum absolute atomic E-state index is 14.1. The van der Waals surface area contributed by atoms with Crippen LogP contribution in [0.3, 0.4) is 0 Å². The standard InChI is InChI=1S/C40H52N4O6/c1-24-32-20-29(40(32,3)4)21-33(24)42-38(47)36-35(25(2)46)34(23-45)50-44(36)22-28-13-10-15-31(37(28)49-6)26-11-9-12-27(19-26)39(48)43(5)18-16-30-14-7-8-17-41-30/h7-15,17,19,24-25,29,32-36,45-46H,16,18,20-23H2,1-6H3,(H,42,47)/t24-,25-,29+,32-,33-,34-,35-,36-/m0/s1. The predicted molar refractivity (Wildman–Crippen MR) is 191 cm³/mol. The Kier molecular flexibility index (Phi) is 10.6. The number of ether oxygens (including phenoxy) is 1. The van der Waals surface area contributed by atoms with E-state index < -0.39 is 24.2 Å². The van der Waals surface area contributed by atoms with Gasteiger partial charge in [-0.15, -0.1) is 0 Å². The number of nitrogens with one attached hydrogen (secondary N) is 1. The van der Waals surface area contributed by atoms with E-state index in [0.29, 0.717) is 42.0 Å². The van der Waals surface area contributed by atoms with Crippen molar-refractivity contribution in [1.82, 2.24) is 20.3 Å². The monoisotopic (exact) mass is 684 g/mol. The number of hydrogen-bond acceptors (Lipinski definition) is 8. The molecule has 1 aliphatic heterocycles. The van der Waals surface area contributed by atoms with Crippen LogP contribution in [0.2, 0.25) is 0 Å². The number of hydroxylamine groups is 2. The molecule has 4 fully saturated rings. The van der Waals surface area contributed by atoms with Crippen LogP contribution in [0.15, 0.2) is 66.9 Å². The number of likely N-dealkylation sites (N-methyl/N-ethyl adjacent to an activating group) is 1. The molecule has 2 bridgehead atoms. The lowest BCUT2D eigenvalue weighted by atomic mass is 9.45. The van der Waals surface area contributed by atoms with Crippen molar-refractivity contribution < 1.29 is 29.4 Å². The molecule has 3 saturated carbocycles. The van der Waals surface area contributed by atoms with Crippen LogP contribution in [0, 0.1) is 29.1 Å². The number of amides is 2. The SMILES string of the molecule is COc1c(CN2O[C@@H](CO)[C@H]([C@H](C)O)[C@H]2C(=O)N[C@H]2C[C@H]3C[C@@H]([C@@H]2C)C3(C)C)cccc1-c1cccc(C(=O)N(C)CCc2ccccn2)c1. The summed E-state index contributed by atoms with van der Waals surface area (Å²) in [6, 6.07) is 18.3. The van der Waals surface area contributed by atoms with E-state index in [-0.39, 0.29) is 36.4 Å². The molecule has 50 heavy (non-hydrogen) atoms. The Balaban J connectivity index is 1.22. The van der Waals surface area contributed by atoms with Gasteiger partial charge >= 0.3 is 0 Å². The fourth-order valence-corrected chi connectivity index (χ4v) is 8.80. The Bertz CT molecular complexity index is 1660. The summed E-state index contributed by atoms with van der Waals surface area (Å²) in [6.45, 7) is 8.93. The third-order valence-corrected chi connectivity index (χ3v) is 11.9. The van der Waals surface area contributed by atoms with Crippen molar-refractivity contribution in [3.8, 4) is 16.9 Å². The molecule has 0 spiro atoms. The molecule has 1 aromatic heterocycles. The quantitative estimate of drug-likeness (QED) is 0.250. The number of aliphatic hydroxyl groups is 2. The van der Waals surface area contributed by atoms with Crippen molar-refractivity contribution in [2.75, 3.05) is 27.3 Å². The largest absolute Gasteiger partial charge is 0.496 e. The smallest absolute Gasteiger partial charge is 0.253 e. The van der Waals surface area contributed by atoms with E-state index in [0.717, 1.165) is 28.8 Å². The number of rotatable bonds is 12. The number of pyridine rings is 1. The number of hydrogen-bond donors (Lipinski definition) is 3. The summed E-state index contributed by atoms with van der Waals surface area (Å²) >= 11 is 0. The zero-order chi connectivity index (χ0) is 35.7. The van der Waals surface area contributed by atoms with Gasteiger partial charge in [0.05, 0.1) is 26.4 Å². The van der Waals surface area contributed by atoms with Gasteiger partial charge in [-0.05, 0) is 72.8 Å². The second-order valence-corrected chi connectivity index (χ2v) is 15.1. The van der Waals surface area contributed by atoms with Gasteiger partial charge in [0.2, 0.25) is 5.91 Å². The highest BCUT2D eigenvalue weighted by Gasteiger charge is 2.57. The lowest BCUT2D eigenvalue weighted by Crippen LogP contribution is -2.62. The van der Waals surface area contributed by atoms with Crippen molar-refractivity contribution in [3.63, 3.8) is 0 Å². The third kappa shape index (κ3) is 6.91. The highest BCUT2D eigenvalue weighted by Crippen LogP contribution is 2.61. The average Bonchev–Trinajstić information content (AvgIpc) is 3.49. The van der Waals surface area contributed by atoms with Crippen molar-refractivity contribution in [1.29, 1.82) is 0 Å². The van der Waals surface area contributed by atoms with Gasteiger partial charge in [-0.25, -0.2) is 0 Å². The Labute approximate surface area is 295 Å². The molecule has 10 heteroatoms. The zero-order valence-electron chi connectivity index (χ0n) is 30.1. The molecule has 8 atom stereocenters.